The van der Waals surface area contributed by atoms with Crippen molar-refractivity contribution in [1.82, 2.24) is 0 Å². The van der Waals surface area contributed by atoms with Gasteiger partial charge < -0.3 is 24.8 Å². The molecule has 0 saturated heterocycles. The summed E-state index contributed by atoms with van der Waals surface area (Å²) in [6, 6.07) is 22.6. The fourth-order valence-electron chi connectivity index (χ4n) is 3.46. The molecule has 0 fully saturated rings. The second-order valence-corrected chi connectivity index (χ2v) is 24.8. The maximum absolute atomic E-state index is 2.44. The Hall–Kier alpha value is -0.933. The molecule has 2 aromatic carbocycles. The van der Waals surface area contributed by atoms with Crippen LogP contribution < -0.4 is 35.2 Å². The molecule has 4 rings (SSSR count). The Morgan fingerprint density at radius 1 is 0.615 bits per heavy atom. The number of benzene rings is 2. The van der Waals surface area contributed by atoms with Gasteiger partial charge in [0.1, 0.15) is 0 Å². The smallest absolute Gasteiger partial charge is 1.00 e. The van der Waals surface area contributed by atoms with Crippen LogP contribution in [0.1, 0.15) is 12.8 Å². The molecule has 130 valence electrons. The first kappa shape index (κ1) is 21.4. The molecule has 0 nitrogen and oxygen atoms in total. The molecular weight excluding hydrogens is 542 g/mol. The predicted molar refractivity (Wildman–Crippen MR) is 102 cm³/mol. The van der Waals surface area contributed by atoms with Gasteiger partial charge in [0.05, 0.1) is 0 Å². The summed E-state index contributed by atoms with van der Waals surface area (Å²) in [5.41, 5.74) is -0.708. The summed E-state index contributed by atoms with van der Waals surface area (Å²) in [6.45, 7) is 0. The molecule has 0 saturated carbocycles. The second-order valence-electron chi connectivity index (χ2n) is 6.13. The van der Waals surface area contributed by atoms with Crippen LogP contribution in [0.4, 0.5) is 0 Å². The summed E-state index contributed by atoms with van der Waals surface area (Å²) < 4.78 is 3.58. The second kappa shape index (κ2) is 10.4. The van der Waals surface area contributed by atoms with Crippen LogP contribution >= 0.6 is 0 Å². The first-order valence-corrected chi connectivity index (χ1v) is 19.0. The molecule has 0 aromatic heterocycles. The van der Waals surface area contributed by atoms with E-state index in [-0.39, 0.29) is 24.8 Å². The molecular formula is C22H20Cl2HfSi. The van der Waals surface area contributed by atoms with E-state index in [1.165, 1.54) is 12.8 Å². The summed E-state index contributed by atoms with van der Waals surface area (Å²) >= 11 is -2.14. The van der Waals surface area contributed by atoms with Crippen molar-refractivity contribution < 1.29 is 44.9 Å². The van der Waals surface area contributed by atoms with Gasteiger partial charge in [-0.2, -0.15) is 0 Å². The summed E-state index contributed by atoms with van der Waals surface area (Å²) in [7, 11) is 0. The topological polar surface area (TPSA) is 0 Å². The van der Waals surface area contributed by atoms with Gasteiger partial charge >= 0.3 is 153 Å². The Balaban J connectivity index is 0.00000121. The molecule has 0 spiro atoms. The van der Waals surface area contributed by atoms with Gasteiger partial charge in [0, 0.05) is 0 Å². The molecule has 0 bridgehead atoms. The van der Waals surface area contributed by atoms with E-state index in [2.05, 4.69) is 97.1 Å². The molecule has 0 N–H and O–H groups in total. The molecule has 0 radical (unpaired) electrons. The van der Waals surface area contributed by atoms with Gasteiger partial charge in [-0.25, -0.2) is 0 Å². The van der Waals surface area contributed by atoms with Crippen molar-refractivity contribution in [1.29, 1.82) is 0 Å². The summed E-state index contributed by atoms with van der Waals surface area (Å²) in [4.78, 5) is 0. The van der Waals surface area contributed by atoms with E-state index in [1.807, 2.05) is 0 Å². The third-order valence-corrected chi connectivity index (χ3v) is 31.0. The van der Waals surface area contributed by atoms with Gasteiger partial charge in [-0.15, -0.1) is 0 Å². The Kier molecular flexibility index (Phi) is 8.56. The minimum atomic E-state index is -2.14. The largest absolute Gasteiger partial charge is 1.00 e. The zero-order valence-corrected chi connectivity index (χ0v) is 20.5. The van der Waals surface area contributed by atoms with Crippen LogP contribution in [0.25, 0.3) is 0 Å². The maximum atomic E-state index is 2.44. The number of rotatable bonds is 4. The van der Waals surface area contributed by atoms with Crippen LogP contribution in [0, 0.1) is 0 Å². The van der Waals surface area contributed by atoms with Gasteiger partial charge in [-0.3, -0.25) is 0 Å². The van der Waals surface area contributed by atoms with E-state index in [4.69, 9.17) is 0 Å². The van der Waals surface area contributed by atoms with Crippen LogP contribution in [-0.2, 0) is 20.1 Å². The van der Waals surface area contributed by atoms with E-state index < -0.39 is 25.6 Å². The Morgan fingerprint density at radius 3 is 1.38 bits per heavy atom. The van der Waals surface area contributed by atoms with Crippen molar-refractivity contribution in [3.8, 4) is 0 Å². The molecule has 0 unspecified atom stereocenters. The summed E-state index contributed by atoms with van der Waals surface area (Å²) in [5, 5.41) is 3.19. The first-order chi connectivity index (χ1) is 11.9. The summed E-state index contributed by atoms with van der Waals surface area (Å²) in [6.07, 6.45) is 16.5. The van der Waals surface area contributed by atoms with Gasteiger partial charge in [-0.1, -0.05) is 0 Å². The molecule has 0 atom stereocenters. The maximum Gasteiger partial charge on any atom is -1.00 e. The fraction of sp³-hybridized carbons (Fsp3) is 0.0909. The van der Waals surface area contributed by atoms with Crippen LogP contribution in [-0.4, -0.2) is 5.49 Å². The predicted octanol–water partition coefficient (Wildman–Crippen LogP) is -1.89. The van der Waals surface area contributed by atoms with Crippen molar-refractivity contribution in [2.24, 2.45) is 0 Å². The van der Waals surface area contributed by atoms with Crippen molar-refractivity contribution in [3.05, 3.63) is 104 Å². The van der Waals surface area contributed by atoms with Gasteiger partial charge in [0.2, 0.25) is 0 Å². The van der Waals surface area contributed by atoms with E-state index in [1.54, 1.807) is 17.0 Å². The van der Waals surface area contributed by atoms with E-state index in [0.29, 0.717) is 0 Å². The summed E-state index contributed by atoms with van der Waals surface area (Å²) in [5.74, 6) is 0. The molecule has 26 heavy (non-hydrogen) atoms. The normalized spacial score (nSPS) is 13.8. The minimum Gasteiger partial charge on any atom is -1.00 e. The van der Waals surface area contributed by atoms with E-state index in [9.17, 15) is 0 Å². The Bertz CT molecular complexity index is 821. The third kappa shape index (κ3) is 4.67. The quantitative estimate of drug-likeness (QED) is 0.383. The SMILES string of the molecule is C1=CC[C]([Hf+2]([C]2=CC=CC2)=[Si](c2ccccc2)c2ccccc2)=C1.[Cl-].[Cl-]. The average Bonchev–Trinajstić information content (AvgIpc) is 3.35. The van der Waals surface area contributed by atoms with Gasteiger partial charge in [0.25, 0.3) is 0 Å². The minimum absolute atomic E-state index is 0. The molecule has 2 aliphatic carbocycles. The Morgan fingerprint density at radius 2 is 1.04 bits per heavy atom. The molecule has 0 amide bonds. The van der Waals surface area contributed by atoms with Crippen LogP contribution in [0.15, 0.2) is 104 Å². The van der Waals surface area contributed by atoms with E-state index >= 15 is 0 Å². The molecule has 0 aliphatic heterocycles. The van der Waals surface area contributed by atoms with Crippen molar-refractivity contribution in [2.45, 2.75) is 12.8 Å². The van der Waals surface area contributed by atoms with Crippen molar-refractivity contribution in [2.75, 3.05) is 0 Å². The average molecular weight is 562 g/mol. The standard InChI is InChI=1S/C12H10Si.2C5H5.2ClH.Hf/c1-3-7-11(8-4-1)13-12-9-5-2-6-10-12;2*1-2-4-5-3-1;;;/h1-10H;2*1-3H,4H2;2*1H;/q;;;;;+2/p-2. The van der Waals surface area contributed by atoms with Crippen LogP contribution in [0.2, 0.25) is 0 Å². The van der Waals surface area contributed by atoms with Crippen molar-refractivity contribution in [3.63, 3.8) is 0 Å². The monoisotopic (exact) mass is 562 g/mol. The van der Waals surface area contributed by atoms with Crippen molar-refractivity contribution >= 4 is 15.9 Å². The third-order valence-electron chi connectivity index (χ3n) is 4.56. The molecule has 2 aromatic rings. The number of hydrogen-bond acceptors (Lipinski definition) is 0. The van der Waals surface area contributed by atoms with Crippen LogP contribution in [0.5, 0.6) is 0 Å². The molecule has 4 heteroatoms. The fourth-order valence-corrected chi connectivity index (χ4v) is 31.5. The zero-order chi connectivity index (χ0) is 16.2. The first-order valence-electron chi connectivity index (χ1n) is 8.51. The van der Waals surface area contributed by atoms with Gasteiger partial charge in [0.15, 0.2) is 0 Å². The number of halogens is 2. The molecule has 2 aliphatic rings. The number of hydrogen-bond donors (Lipinski definition) is 0. The van der Waals surface area contributed by atoms with Crippen LogP contribution in [0.3, 0.4) is 0 Å². The van der Waals surface area contributed by atoms with E-state index in [0.717, 1.165) is 0 Å². The molecule has 0 heterocycles. The van der Waals surface area contributed by atoms with Gasteiger partial charge in [-0.05, 0) is 0 Å². The zero-order valence-electron chi connectivity index (χ0n) is 14.4. The number of allylic oxidation sites excluding steroid dienone is 8. The Labute approximate surface area is 176 Å².